The second-order valence-corrected chi connectivity index (χ2v) is 4.49. The Kier molecular flexibility index (Phi) is 5.32. The summed E-state index contributed by atoms with van der Waals surface area (Å²) in [4.78, 5) is 24.7. The van der Waals surface area contributed by atoms with Crippen LogP contribution in [0.5, 0.6) is 0 Å². The van der Waals surface area contributed by atoms with E-state index in [1.165, 1.54) is 6.07 Å². The first kappa shape index (κ1) is 15.0. The SMILES string of the molecule is Cc1cccc(C(=O)O)c1NC(=O)NCCN(C)C. The summed E-state index contributed by atoms with van der Waals surface area (Å²) in [6.07, 6.45) is 0. The molecule has 0 aromatic heterocycles. The third-order valence-corrected chi connectivity index (χ3v) is 2.59. The lowest BCUT2D eigenvalue weighted by molar-refractivity contribution is 0.0698. The molecular formula is C13H19N3O3. The number of aromatic carboxylic acids is 1. The Hall–Kier alpha value is -2.08. The lowest BCUT2D eigenvalue weighted by Gasteiger charge is -2.14. The number of amides is 2. The molecule has 19 heavy (non-hydrogen) atoms. The zero-order valence-electron chi connectivity index (χ0n) is 11.4. The number of likely N-dealkylation sites (N-methyl/N-ethyl adjacent to an activating group) is 1. The Labute approximate surface area is 112 Å². The number of carboxylic acids is 1. The lowest BCUT2D eigenvalue weighted by atomic mass is 10.1. The van der Waals surface area contributed by atoms with E-state index in [1.807, 2.05) is 19.0 Å². The van der Waals surface area contributed by atoms with Crippen LogP contribution < -0.4 is 10.6 Å². The van der Waals surface area contributed by atoms with Crippen LogP contribution >= 0.6 is 0 Å². The molecule has 0 aliphatic rings. The minimum absolute atomic E-state index is 0.0859. The standard InChI is InChI=1S/C13H19N3O3/c1-9-5-4-6-10(12(17)18)11(9)15-13(19)14-7-8-16(2)3/h4-6H,7-8H2,1-3H3,(H,17,18)(H2,14,15,19). The highest BCUT2D eigenvalue weighted by Crippen LogP contribution is 2.20. The molecule has 6 nitrogen and oxygen atoms in total. The third-order valence-electron chi connectivity index (χ3n) is 2.59. The molecule has 104 valence electrons. The van der Waals surface area contributed by atoms with Gasteiger partial charge in [-0.25, -0.2) is 9.59 Å². The van der Waals surface area contributed by atoms with E-state index in [-0.39, 0.29) is 5.56 Å². The van der Waals surface area contributed by atoms with E-state index in [1.54, 1.807) is 19.1 Å². The second kappa shape index (κ2) is 6.75. The zero-order chi connectivity index (χ0) is 14.4. The Morgan fingerprint density at radius 3 is 2.58 bits per heavy atom. The van der Waals surface area contributed by atoms with Crippen LogP contribution in [0.4, 0.5) is 10.5 Å². The fraction of sp³-hybridized carbons (Fsp3) is 0.385. The van der Waals surface area contributed by atoms with Crippen LogP contribution in [-0.2, 0) is 0 Å². The molecule has 0 fully saturated rings. The van der Waals surface area contributed by atoms with Gasteiger partial charge in [0.1, 0.15) is 0 Å². The van der Waals surface area contributed by atoms with Gasteiger partial charge in [-0.15, -0.1) is 0 Å². The molecule has 1 rings (SSSR count). The van der Waals surface area contributed by atoms with Crippen LogP contribution in [0.3, 0.4) is 0 Å². The maximum absolute atomic E-state index is 11.7. The highest BCUT2D eigenvalue weighted by molar-refractivity contribution is 6.00. The van der Waals surface area contributed by atoms with Gasteiger partial charge in [0.25, 0.3) is 0 Å². The van der Waals surface area contributed by atoms with E-state index in [0.717, 1.165) is 0 Å². The molecule has 0 aliphatic carbocycles. The molecule has 0 bridgehead atoms. The number of carbonyl (C=O) groups excluding carboxylic acids is 1. The molecule has 0 atom stereocenters. The van der Waals surface area contributed by atoms with Crippen molar-refractivity contribution in [2.24, 2.45) is 0 Å². The summed E-state index contributed by atoms with van der Waals surface area (Å²) < 4.78 is 0. The second-order valence-electron chi connectivity index (χ2n) is 4.49. The van der Waals surface area contributed by atoms with Crippen molar-refractivity contribution < 1.29 is 14.7 Å². The summed E-state index contributed by atoms with van der Waals surface area (Å²) in [5.74, 6) is -1.06. The third kappa shape index (κ3) is 4.59. The van der Waals surface area contributed by atoms with Gasteiger partial charge in [0.15, 0.2) is 0 Å². The van der Waals surface area contributed by atoms with Crippen LogP contribution in [-0.4, -0.2) is 49.2 Å². The van der Waals surface area contributed by atoms with E-state index in [2.05, 4.69) is 10.6 Å². The molecule has 0 saturated heterocycles. The van der Waals surface area contributed by atoms with Crippen LogP contribution in [0.1, 0.15) is 15.9 Å². The Bertz CT molecular complexity index is 472. The predicted molar refractivity (Wildman–Crippen MR) is 73.7 cm³/mol. The van der Waals surface area contributed by atoms with Crippen molar-refractivity contribution in [2.45, 2.75) is 6.92 Å². The summed E-state index contributed by atoms with van der Waals surface area (Å²) in [7, 11) is 3.81. The van der Waals surface area contributed by atoms with Gasteiger partial charge in [-0.2, -0.15) is 0 Å². The molecule has 0 spiro atoms. The lowest BCUT2D eigenvalue weighted by Crippen LogP contribution is -2.35. The smallest absolute Gasteiger partial charge is 0.337 e. The van der Waals surface area contributed by atoms with Crippen molar-refractivity contribution in [2.75, 3.05) is 32.5 Å². The Morgan fingerprint density at radius 2 is 2.00 bits per heavy atom. The number of anilines is 1. The van der Waals surface area contributed by atoms with Crippen molar-refractivity contribution in [1.29, 1.82) is 0 Å². The monoisotopic (exact) mass is 265 g/mol. The molecule has 2 amide bonds. The first-order chi connectivity index (χ1) is 8.91. The van der Waals surface area contributed by atoms with Gasteiger partial charge < -0.3 is 20.6 Å². The predicted octanol–water partition coefficient (Wildman–Crippen LogP) is 1.38. The van der Waals surface area contributed by atoms with Gasteiger partial charge in [-0.1, -0.05) is 12.1 Å². The average molecular weight is 265 g/mol. The average Bonchev–Trinajstić information content (AvgIpc) is 2.30. The molecule has 0 heterocycles. The number of hydrogen-bond donors (Lipinski definition) is 3. The number of carboxylic acid groups (broad SMARTS) is 1. The number of rotatable bonds is 5. The number of nitrogens with zero attached hydrogens (tertiary/aromatic N) is 1. The van der Waals surface area contributed by atoms with E-state index in [9.17, 15) is 9.59 Å². The van der Waals surface area contributed by atoms with E-state index < -0.39 is 12.0 Å². The van der Waals surface area contributed by atoms with Crippen LogP contribution in [0, 0.1) is 6.92 Å². The van der Waals surface area contributed by atoms with E-state index >= 15 is 0 Å². The highest BCUT2D eigenvalue weighted by Gasteiger charge is 2.13. The van der Waals surface area contributed by atoms with Crippen molar-refractivity contribution in [3.63, 3.8) is 0 Å². The highest BCUT2D eigenvalue weighted by atomic mass is 16.4. The molecule has 1 aromatic carbocycles. The number of hydrogen-bond acceptors (Lipinski definition) is 3. The summed E-state index contributed by atoms with van der Waals surface area (Å²) in [6, 6.07) is 4.46. The van der Waals surface area contributed by atoms with Gasteiger partial charge in [-0.05, 0) is 32.6 Å². The Balaban J connectivity index is 2.71. The number of carbonyl (C=O) groups is 2. The molecule has 0 saturated carbocycles. The van der Waals surface area contributed by atoms with Crippen LogP contribution in [0.15, 0.2) is 18.2 Å². The first-order valence-electron chi connectivity index (χ1n) is 5.94. The molecule has 0 aliphatic heterocycles. The molecular weight excluding hydrogens is 246 g/mol. The summed E-state index contributed by atoms with van der Waals surface area (Å²) in [5, 5.41) is 14.3. The zero-order valence-corrected chi connectivity index (χ0v) is 11.4. The molecule has 0 unspecified atom stereocenters. The topological polar surface area (TPSA) is 81.7 Å². The number of nitrogens with one attached hydrogen (secondary N) is 2. The quantitative estimate of drug-likeness (QED) is 0.751. The first-order valence-corrected chi connectivity index (χ1v) is 5.94. The van der Waals surface area contributed by atoms with Gasteiger partial charge in [-0.3, -0.25) is 0 Å². The molecule has 1 aromatic rings. The van der Waals surface area contributed by atoms with Gasteiger partial charge in [0.2, 0.25) is 0 Å². The summed E-state index contributed by atoms with van der Waals surface area (Å²) in [5.41, 5.74) is 1.13. The maximum Gasteiger partial charge on any atom is 0.337 e. The van der Waals surface area contributed by atoms with E-state index in [0.29, 0.717) is 24.3 Å². The number of para-hydroxylation sites is 1. The summed E-state index contributed by atoms with van der Waals surface area (Å²) in [6.45, 7) is 2.96. The van der Waals surface area contributed by atoms with Gasteiger partial charge in [0, 0.05) is 13.1 Å². The van der Waals surface area contributed by atoms with E-state index in [4.69, 9.17) is 5.11 Å². The number of aryl methyl sites for hydroxylation is 1. The maximum atomic E-state index is 11.7. The van der Waals surface area contributed by atoms with Crippen LogP contribution in [0.2, 0.25) is 0 Å². The fourth-order valence-electron chi connectivity index (χ4n) is 1.56. The largest absolute Gasteiger partial charge is 0.478 e. The van der Waals surface area contributed by atoms with Crippen molar-refractivity contribution >= 4 is 17.7 Å². The van der Waals surface area contributed by atoms with Gasteiger partial charge >= 0.3 is 12.0 Å². The van der Waals surface area contributed by atoms with Crippen molar-refractivity contribution in [1.82, 2.24) is 10.2 Å². The molecule has 3 N–H and O–H groups in total. The van der Waals surface area contributed by atoms with Crippen molar-refractivity contribution in [3.8, 4) is 0 Å². The normalized spacial score (nSPS) is 10.3. The number of benzene rings is 1. The van der Waals surface area contributed by atoms with Crippen molar-refractivity contribution in [3.05, 3.63) is 29.3 Å². The number of urea groups is 1. The minimum Gasteiger partial charge on any atom is -0.478 e. The Morgan fingerprint density at radius 1 is 1.32 bits per heavy atom. The van der Waals surface area contributed by atoms with Crippen LogP contribution in [0.25, 0.3) is 0 Å². The molecule has 6 heteroatoms. The fourth-order valence-corrected chi connectivity index (χ4v) is 1.56. The van der Waals surface area contributed by atoms with Gasteiger partial charge in [0.05, 0.1) is 11.3 Å². The minimum atomic E-state index is -1.06. The summed E-state index contributed by atoms with van der Waals surface area (Å²) >= 11 is 0. The molecule has 0 radical (unpaired) electrons.